The summed E-state index contributed by atoms with van der Waals surface area (Å²) in [5, 5.41) is 28.7. The number of hydrogen-bond donors (Lipinski definition) is 3. The van der Waals surface area contributed by atoms with E-state index < -0.39 is 11.4 Å². The Morgan fingerprint density at radius 1 is 0.828 bits per heavy atom. The molecule has 29 heavy (non-hydrogen) atoms. The van der Waals surface area contributed by atoms with Crippen LogP contribution >= 0.6 is 0 Å². The van der Waals surface area contributed by atoms with Crippen LogP contribution in [0.15, 0.2) is 48.6 Å². The highest BCUT2D eigenvalue weighted by atomic mass is 16.5. The number of carbonyl (C=O) groups is 2. The van der Waals surface area contributed by atoms with Crippen molar-refractivity contribution in [2.45, 2.75) is 32.8 Å². The van der Waals surface area contributed by atoms with Crippen LogP contribution in [0.4, 0.5) is 0 Å². The number of benzene rings is 2. The van der Waals surface area contributed by atoms with Gasteiger partial charge in [0.25, 0.3) is 0 Å². The van der Waals surface area contributed by atoms with E-state index >= 15 is 0 Å². The van der Waals surface area contributed by atoms with Crippen LogP contribution in [0.25, 0.3) is 12.2 Å². The van der Waals surface area contributed by atoms with Gasteiger partial charge in [-0.25, -0.2) is 0 Å². The summed E-state index contributed by atoms with van der Waals surface area (Å²) < 4.78 is 5.62. The van der Waals surface area contributed by atoms with E-state index in [9.17, 15) is 24.9 Å². The minimum Gasteiger partial charge on any atom is -0.504 e. The molecule has 6 heteroatoms. The number of ketones is 2. The zero-order valence-electron chi connectivity index (χ0n) is 16.5. The minimum absolute atomic E-state index is 0.0364. The molecule has 0 saturated heterocycles. The van der Waals surface area contributed by atoms with Crippen molar-refractivity contribution >= 4 is 23.7 Å². The van der Waals surface area contributed by atoms with Crippen LogP contribution < -0.4 is 4.74 Å². The molecular formula is C23H24O6. The van der Waals surface area contributed by atoms with Crippen molar-refractivity contribution in [1.82, 2.24) is 0 Å². The Morgan fingerprint density at radius 3 is 1.83 bits per heavy atom. The number of ether oxygens (including phenoxy) is 1. The molecule has 0 aromatic heterocycles. The van der Waals surface area contributed by atoms with Gasteiger partial charge in [0.1, 0.15) is 5.60 Å². The molecule has 0 saturated carbocycles. The van der Waals surface area contributed by atoms with Crippen LogP contribution in [0.1, 0.15) is 38.3 Å². The van der Waals surface area contributed by atoms with Crippen molar-refractivity contribution in [2.24, 2.45) is 0 Å². The topological polar surface area (TPSA) is 104 Å². The van der Waals surface area contributed by atoms with E-state index in [1.807, 2.05) is 20.8 Å². The van der Waals surface area contributed by atoms with Crippen LogP contribution in [0, 0.1) is 0 Å². The Kier molecular flexibility index (Phi) is 6.83. The van der Waals surface area contributed by atoms with E-state index in [0.717, 1.165) is 0 Å². The van der Waals surface area contributed by atoms with E-state index in [2.05, 4.69) is 0 Å². The van der Waals surface area contributed by atoms with Gasteiger partial charge < -0.3 is 20.1 Å². The molecular weight excluding hydrogens is 372 g/mol. The number of carbonyl (C=O) groups excluding carboxylic acids is 2. The summed E-state index contributed by atoms with van der Waals surface area (Å²) in [4.78, 5) is 23.9. The molecule has 0 bridgehead atoms. The Morgan fingerprint density at radius 2 is 1.34 bits per heavy atom. The lowest BCUT2D eigenvalue weighted by Gasteiger charge is -2.21. The molecule has 0 aliphatic carbocycles. The number of phenolic OH excluding ortho intramolecular Hbond substituents is 3. The highest BCUT2D eigenvalue weighted by molar-refractivity contribution is 6.10. The third-order valence-corrected chi connectivity index (χ3v) is 3.67. The maximum absolute atomic E-state index is 12.0. The highest BCUT2D eigenvalue weighted by Gasteiger charge is 2.14. The fourth-order valence-corrected chi connectivity index (χ4v) is 2.37. The third kappa shape index (κ3) is 7.18. The van der Waals surface area contributed by atoms with Gasteiger partial charge >= 0.3 is 0 Å². The summed E-state index contributed by atoms with van der Waals surface area (Å²) in [5.41, 5.74) is 0.668. The minimum atomic E-state index is -0.447. The van der Waals surface area contributed by atoms with Gasteiger partial charge in [-0.3, -0.25) is 9.59 Å². The zero-order chi connectivity index (χ0) is 21.6. The largest absolute Gasteiger partial charge is 0.504 e. The van der Waals surface area contributed by atoms with Crippen LogP contribution in [-0.4, -0.2) is 32.5 Å². The van der Waals surface area contributed by atoms with Crippen molar-refractivity contribution < 1.29 is 29.6 Å². The van der Waals surface area contributed by atoms with Crippen LogP contribution in [0.2, 0.25) is 0 Å². The van der Waals surface area contributed by atoms with Crippen LogP contribution in [0.5, 0.6) is 23.0 Å². The summed E-state index contributed by atoms with van der Waals surface area (Å²) in [6.07, 6.45) is 5.16. The number of rotatable bonds is 7. The summed E-state index contributed by atoms with van der Waals surface area (Å²) in [5.74, 6) is -1.02. The molecule has 2 rings (SSSR count). The van der Waals surface area contributed by atoms with Gasteiger partial charge in [0.05, 0.1) is 6.42 Å². The normalized spacial score (nSPS) is 11.8. The molecule has 152 valence electrons. The van der Waals surface area contributed by atoms with Gasteiger partial charge in [-0.2, -0.15) is 0 Å². The molecule has 0 aliphatic rings. The number of phenols is 3. The van der Waals surface area contributed by atoms with Gasteiger partial charge in [-0.15, -0.1) is 0 Å². The third-order valence-electron chi connectivity index (χ3n) is 3.67. The molecule has 0 spiro atoms. The molecule has 0 atom stereocenters. The molecule has 0 heterocycles. The fourth-order valence-electron chi connectivity index (χ4n) is 2.37. The maximum atomic E-state index is 12.0. The predicted molar refractivity (Wildman–Crippen MR) is 111 cm³/mol. The standard InChI is InChI=1S/C23H24O6/c1-23(2,3)29-22-11-7-16(13-21(22)28)5-9-18(25)14-17(24)8-4-15-6-10-19(26)20(27)12-15/h4-13,26-28H,14H2,1-3H3/b8-4+,9-5+. The van der Waals surface area contributed by atoms with Crippen molar-refractivity contribution in [1.29, 1.82) is 0 Å². The van der Waals surface area contributed by atoms with E-state index in [-0.39, 0.29) is 29.5 Å². The van der Waals surface area contributed by atoms with Crippen molar-refractivity contribution in [3.63, 3.8) is 0 Å². The zero-order valence-corrected chi connectivity index (χ0v) is 16.5. The van der Waals surface area contributed by atoms with E-state index in [1.54, 1.807) is 12.1 Å². The lowest BCUT2D eigenvalue weighted by Crippen LogP contribution is -2.22. The van der Waals surface area contributed by atoms with Gasteiger partial charge in [0.15, 0.2) is 34.6 Å². The Hall–Kier alpha value is -3.54. The van der Waals surface area contributed by atoms with Crippen molar-refractivity contribution in [3.8, 4) is 23.0 Å². The second-order valence-corrected chi connectivity index (χ2v) is 7.47. The Bertz CT molecular complexity index is 964. The van der Waals surface area contributed by atoms with Gasteiger partial charge in [0, 0.05) is 0 Å². The summed E-state index contributed by atoms with van der Waals surface area (Å²) in [6.45, 7) is 5.61. The molecule has 2 aromatic rings. The molecule has 0 amide bonds. The first-order valence-electron chi connectivity index (χ1n) is 8.99. The highest BCUT2D eigenvalue weighted by Crippen LogP contribution is 2.30. The van der Waals surface area contributed by atoms with E-state index in [4.69, 9.17) is 4.74 Å². The quantitative estimate of drug-likeness (QED) is 0.367. The smallest absolute Gasteiger partial charge is 0.163 e. The SMILES string of the molecule is CC(C)(C)Oc1ccc(/C=C/C(=O)CC(=O)/C=C/c2ccc(O)c(O)c2)cc1O. The maximum Gasteiger partial charge on any atom is 0.163 e. The van der Waals surface area contributed by atoms with Gasteiger partial charge in [-0.05, 0) is 68.3 Å². The first-order chi connectivity index (χ1) is 13.5. The van der Waals surface area contributed by atoms with Crippen molar-refractivity contribution in [2.75, 3.05) is 0 Å². The fraction of sp³-hybridized carbons (Fsp3) is 0.217. The predicted octanol–water partition coefficient (Wildman–Crippen LogP) is 4.24. The summed E-state index contributed by atoms with van der Waals surface area (Å²) in [6, 6.07) is 8.93. The molecule has 6 nitrogen and oxygen atoms in total. The Balaban J connectivity index is 1.95. The summed E-state index contributed by atoms with van der Waals surface area (Å²) >= 11 is 0. The monoisotopic (exact) mass is 396 g/mol. The average molecular weight is 396 g/mol. The molecule has 0 aliphatic heterocycles. The van der Waals surface area contributed by atoms with Gasteiger partial charge in [-0.1, -0.05) is 24.3 Å². The first kappa shape index (κ1) is 21.8. The second kappa shape index (κ2) is 9.10. The number of hydrogen-bond acceptors (Lipinski definition) is 6. The lowest BCUT2D eigenvalue weighted by atomic mass is 10.1. The van der Waals surface area contributed by atoms with Gasteiger partial charge in [0.2, 0.25) is 0 Å². The Labute approximate surface area is 169 Å². The van der Waals surface area contributed by atoms with Crippen molar-refractivity contribution in [3.05, 3.63) is 59.7 Å². The molecule has 3 N–H and O–H groups in total. The lowest BCUT2D eigenvalue weighted by molar-refractivity contribution is -0.121. The van der Waals surface area contributed by atoms with Crippen LogP contribution in [-0.2, 0) is 9.59 Å². The molecule has 0 radical (unpaired) electrons. The first-order valence-corrected chi connectivity index (χ1v) is 8.99. The summed E-state index contributed by atoms with van der Waals surface area (Å²) in [7, 11) is 0. The average Bonchev–Trinajstić information content (AvgIpc) is 2.62. The molecule has 0 fully saturated rings. The van der Waals surface area contributed by atoms with E-state index in [0.29, 0.717) is 16.9 Å². The molecule has 0 unspecified atom stereocenters. The van der Waals surface area contributed by atoms with Crippen LogP contribution in [0.3, 0.4) is 0 Å². The number of allylic oxidation sites excluding steroid dienone is 2. The van der Waals surface area contributed by atoms with E-state index in [1.165, 1.54) is 48.6 Å². The second-order valence-electron chi connectivity index (χ2n) is 7.47. The number of aromatic hydroxyl groups is 3. The molecule has 2 aromatic carbocycles.